The van der Waals surface area contributed by atoms with Crippen molar-refractivity contribution >= 4 is 28.7 Å². The van der Waals surface area contributed by atoms with Crippen LogP contribution in [-0.2, 0) is 9.59 Å². The average molecular weight is 313 g/mol. The standard InChI is InChI=1S/C18H19NO4/c1-3-10-23-17-9-8-13-6-4-5-7-14(13)15(17)11-16(18(21)22)19-12(2)20/h4-9,11H,3,10H2,1-2H3,(H,19,20)(H,21,22)/b16-11-. The van der Waals surface area contributed by atoms with Crippen LogP contribution < -0.4 is 10.1 Å². The van der Waals surface area contributed by atoms with Crippen LogP contribution in [0.25, 0.3) is 16.8 Å². The van der Waals surface area contributed by atoms with E-state index in [4.69, 9.17) is 4.74 Å². The molecule has 5 nitrogen and oxygen atoms in total. The summed E-state index contributed by atoms with van der Waals surface area (Å²) in [5.74, 6) is -1.04. The van der Waals surface area contributed by atoms with Crippen molar-refractivity contribution < 1.29 is 19.4 Å². The van der Waals surface area contributed by atoms with Crippen LogP contribution in [0.4, 0.5) is 0 Å². The summed E-state index contributed by atoms with van der Waals surface area (Å²) in [6.45, 7) is 3.80. The number of fused-ring (bicyclic) bond motifs is 1. The molecule has 0 heterocycles. The Morgan fingerprint density at radius 2 is 1.96 bits per heavy atom. The molecule has 23 heavy (non-hydrogen) atoms. The van der Waals surface area contributed by atoms with E-state index in [-0.39, 0.29) is 5.70 Å². The van der Waals surface area contributed by atoms with Crippen LogP contribution in [0.5, 0.6) is 5.75 Å². The van der Waals surface area contributed by atoms with Crippen molar-refractivity contribution in [1.82, 2.24) is 5.32 Å². The Morgan fingerprint density at radius 1 is 1.22 bits per heavy atom. The number of carboxylic acids is 1. The molecule has 0 saturated heterocycles. The van der Waals surface area contributed by atoms with Crippen LogP contribution in [0.1, 0.15) is 25.8 Å². The Bertz CT molecular complexity index is 765. The molecule has 120 valence electrons. The van der Waals surface area contributed by atoms with Crippen LogP contribution in [-0.4, -0.2) is 23.6 Å². The molecule has 0 aliphatic heterocycles. The van der Waals surface area contributed by atoms with E-state index in [0.717, 1.165) is 17.2 Å². The van der Waals surface area contributed by atoms with E-state index in [2.05, 4.69) is 5.32 Å². The fourth-order valence-corrected chi connectivity index (χ4v) is 2.25. The van der Waals surface area contributed by atoms with Crippen LogP contribution in [0.2, 0.25) is 0 Å². The molecule has 5 heteroatoms. The minimum atomic E-state index is -1.20. The first-order valence-corrected chi connectivity index (χ1v) is 7.40. The molecule has 0 radical (unpaired) electrons. The largest absolute Gasteiger partial charge is 0.493 e. The van der Waals surface area contributed by atoms with Crippen molar-refractivity contribution in [2.45, 2.75) is 20.3 Å². The molecule has 2 aromatic carbocycles. The first kappa shape index (κ1) is 16.5. The summed E-state index contributed by atoms with van der Waals surface area (Å²) in [6, 6.07) is 11.4. The first-order valence-electron chi connectivity index (χ1n) is 7.40. The van der Waals surface area contributed by atoms with Crippen LogP contribution in [0.3, 0.4) is 0 Å². The fraction of sp³-hybridized carbons (Fsp3) is 0.222. The smallest absolute Gasteiger partial charge is 0.352 e. The molecule has 2 aromatic rings. The summed E-state index contributed by atoms with van der Waals surface area (Å²) >= 11 is 0. The summed E-state index contributed by atoms with van der Waals surface area (Å²) in [4.78, 5) is 22.6. The summed E-state index contributed by atoms with van der Waals surface area (Å²) < 4.78 is 5.73. The van der Waals surface area contributed by atoms with Crippen LogP contribution >= 0.6 is 0 Å². The van der Waals surface area contributed by atoms with Crippen molar-refractivity contribution in [3.63, 3.8) is 0 Å². The second-order valence-electron chi connectivity index (χ2n) is 5.09. The molecule has 0 atom stereocenters. The maximum atomic E-state index is 11.4. The minimum absolute atomic E-state index is 0.185. The predicted octanol–water partition coefficient (Wildman–Crippen LogP) is 3.19. The topological polar surface area (TPSA) is 75.6 Å². The monoisotopic (exact) mass is 313 g/mol. The van der Waals surface area contributed by atoms with Gasteiger partial charge in [0.1, 0.15) is 11.4 Å². The highest BCUT2D eigenvalue weighted by Crippen LogP contribution is 2.30. The maximum absolute atomic E-state index is 11.4. The molecule has 0 aromatic heterocycles. The summed E-state index contributed by atoms with van der Waals surface area (Å²) in [5, 5.41) is 13.5. The van der Waals surface area contributed by atoms with E-state index in [0.29, 0.717) is 17.9 Å². The molecule has 2 N–H and O–H groups in total. The molecular formula is C18H19NO4. The number of carboxylic acid groups (broad SMARTS) is 1. The van der Waals surface area contributed by atoms with E-state index < -0.39 is 11.9 Å². The lowest BCUT2D eigenvalue weighted by atomic mass is 10.0. The zero-order valence-corrected chi connectivity index (χ0v) is 13.1. The van der Waals surface area contributed by atoms with Gasteiger partial charge in [-0.1, -0.05) is 37.3 Å². The van der Waals surface area contributed by atoms with Gasteiger partial charge >= 0.3 is 5.97 Å². The summed E-state index contributed by atoms with van der Waals surface area (Å²) in [5.41, 5.74) is 0.456. The van der Waals surface area contributed by atoms with Crippen LogP contribution in [0, 0.1) is 0 Å². The normalized spacial score (nSPS) is 11.3. The molecule has 0 spiro atoms. The lowest BCUT2D eigenvalue weighted by Crippen LogP contribution is -2.24. The number of hydrogen-bond donors (Lipinski definition) is 2. The first-order chi connectivity index (χ1) is 11.0. The average Bonchev–Trinajstić information content (AvgIpc) is 2.52. The minimum Gasteiger partial charge on any atom is -0.493 e. The highest BCUT2D eigenvalue weighted by molar-refractivity contribution is 6.01. The van der Waals surface area contributed by atoms with Gasteiger partial charge in [0, 0.05) is 12.5 Å². The summed E-state index contributed by atoms with van der Waals surface area (Å²) in [7, 11) is 0. The van der Waals surface area contributed by atoms with Gasteiger partial charge in [-0.25, -0.2) is 4.79 Å². The van der Waals surface area contributed by atoms with E-state index in [1.54, 1.807) is 0 Å². The number of nitrogens with one attached hydrogen (secondary N) is 1. The van der Waals surface area contributed by atoms with E-state index in [9.17, 15) is 14.7 Å². The Balaban J connectivity index is 2.62. The van der Waals surface area contributed by atoms with E-state index >= 15 is 0 Å². The third-order valence-electron chi connectivity index (χ3n) is 3.22. The molecule has 0 saturated carbocycles. The maximum Gasteiger partial charge on any atom is 0.352 e. The predicted molar refractivity (Wildman–Crippen MR) is 89.2 cm³/mol. The molecule has 0 aliphatic carbocycles. The lowest BCUT2D eigenvalue weighted by molar-refractivity contribution is -0.134. The van der Waals surface area contributed by atoms with E-state index in [1.165, 1.54) is 13.0 Å². The van der Waals surface area contributed by atoms with E-state index in [1.807, 2.05) is 43.3 Å². The Kier molecular flexibility index (Phi) is 5.36. The number of amides is 1. The van der Waals surface area contributed by atoms with Gasteiger partial charge in [0.05, 0.1) is 6.61 Å². The van der Waals surface area contributed by atoms with Gasteiger partial charge in [-0.15, -0.1) is 0 Å². The third kappa shape index (κ3) is 4.10. The number of benzene rings is 2. The fourth-order valence-electron chi connectivity index (χ4n) is 2.25. The van der Waals surface area contributed by atoms with Crippen molar-refractivity contribution in [3.05, 3.63) is 47.7 Å². The highest BCUT2D eigenvalue weighted by Gasteiger charge is 2.13. The molecule has 0 fully saturated rings. The number of hydrogen-bond acceptors (Lipinski definition) is 3. The van der Waals surface area contributed by atoms with Gasteiger partial charge in [0.25, 0.3) is 0 Å². The molecule has 0 bridgehead atoms. The number of carbonyl (C=O) groups excluding carboxylic acids is 1. The van der Waals surface area contributed by atoms with Gasteiger partial charge in [0.2, 0.25) is 5.91 Å². The second kappa shape index (κ2) is 7.45. The molecular weight excluding hydrogens is 294 g/mol. The van der Waals surface area contributed by atoms with Crippen molar-refractivity contribution in [3.8, 4) is 5.75 Å². The van der Waals surface area contributed by atoms with Gasteiger partial charge < -0.3 is 15.2 Å². The number of carbonyl (C=O) groups is 2. The third-order valence-corrected chi connectivity index (χ3v) is 3.22. The quantitative estimate of drug-likeness (QED) is 0.803. The SMILES string of the molecule is CCCOc1ccc2ccccc2c1/C=C(\NC(C)=O)C(=O)O. The van der Waals surface area contributed by atoms with Gasteiger partial charge in [-0.3, -0.25) is 4.79 Å². The van der Waals surface area contributed by atoms with Crippen molar-refractivity contribution in [2.24, 2.45) is 0 Å². The second-order valence-corrected chi connectivity index (χ2v) is 5.09. The van der Waals surface area contributed by atoms with Crippen molar-refractivity contribution in [1.29, 1.82) is 0 Å². The van der Waals surface area contributed by atoms with Gasteiger partial charge in [0.15, 0.2) is 0 Å². The molecule has 0 aliphatic rings. The lowest BCUT2D eigenvalue weighted by Gasteiger charge is -2.12. The Hall–Kier alpha value is -2.82. The Labute approximate surface area is 134 Å². The zero-order chi connectivity index (χ0) is 16.8. The summed E-state index contributed by atoms with van der Waals surface area (Å²) in [6.07, 6.45) is 2.28. The molecule has 2 rings (SSSR count). The number of ether oxygens (including phenoxy) is 1. The van der Waals surface area contributed by atoms with Gasteiger partial charge in [-0.2, -0.15) is 0 Å². The van der Waals surface area contributed by atoms with Crippen molar-refractivity contribution in [2.75, 3.05) is 6.61 Å². The molecule has 1 amide bonds. The Morgan fingerprint density at radius 3 is 2.61 bits per heavy atom. The molecule has 0 unspecified atom stereocenters. The number of rotatable bonds is 6. The zero-order valence-electron chi connectivity index (χ0n) is 13.1. The van der Waals surface area contributed by atoms with Gasteiger partial charge in [-0.05, 0) is 29.3 Å². The van der Waals surface area contributed by atoms with Crippen LogP contribution in [0.15, 0.2) is 42.1 Å². The highest BCUT2D eigenvalue weighted by atomic mass is 16.5. The number of aliphatic carboxylic acids is 1.